The molecule has 3 N–H and O–H groups in total. The summed E-state index contributed by atoms with van der Waals surface area (Å²) >= 11 is 0. The quantitative estimate of drug-likeness (QED) is 0.601. The minimum absolute atomic E-state index is 0.0162. The van der Waals surface area contributed by atoms with E-state index in [0.717, 1.165) is 38.6 Å². The molecule has 1 amide bonds. The highest BCUT2D eigenvalue weighted by Gasteiger charge is 2.25. The van der Waals surface area contributed by atoms with Crippen LogP contribution in [0.15, 0.2) is 0 Å². The molecule has 0 aromatic heterocycles. The molecule has 2 rings (SSSR count). The number of ether oxygens (including phenoxy) is 1. The third kappa shape index (κ3) is 6.74. The maximum atomic E-state index is 12.1. The lowest BCUT2D eigenvalue weighted by Gasteiger charge is -2.27. The van der Waals surface area contributed by atoms with Crippen molar-refractivity contribution in [3.05, 3.63) is 0 Å². The Balaban J connectivity index is 1.64. The number of carbonyl (C=O) groups is 1. The van der Waals surface area contributed by atoms with Crippen molar-refractivity contribution < 1.29 is 17.9 Å². The molecule has 134 valence electrons. The van der Waals surface area contributed by atoms with Gasteiger partial charge in [-0.2, -0.15) is 0 Å². The van der Waals surface area contributed by atoms with Gasteiger partial charge in [0.05, 0.1) is 11.9 Å². The number of amides is 1. The molecule has 1 unspecified atom stereocenters. The molecule has 3 atom stereocenters. The molecule has 0 aromatic rings. The van der Waals surface area contributed by atoms with Crippen molar-refractivity contribution in [2.75, 3.05) is 32.0 Å². The van der Waals surface area contributed by atoms with Crippen molar-refractivity contribution in [1.82, 2.24) is 15.4 Å². The molecule has 0 saturated carbocycles. The monoisotopic (exact) mass is 347 g/mol. The van der Waals surface area contributed by atoms with Crippen LogP contribution in [0.5, 0.6) is 0 Å². The minimum Gasteiger partial charge on any atom is -0.377 e. The highest BCUT2D eigenvalue weighted by Crippen LogP contribution is 2.15. The summed E-state index contributed by atoms with van der Waals surface area (Å²) < 4.78 is 32.0. The van der Waals surface area contributed by atoms with Gasteiger partial charge in [0.15, 0.2) is 0 Å². The van der Waals surface area contributed by atoms with Gasteiger partial charge in [0, 0.05) is 31.7 Å². The van der Waals surface area contributed by atoms with Crippen LogP contribution in [0.25, 0.3) is 0 Å². The van der Waals surface area contributed by atoms with E-state index in [1.807, 2.05) is 0 Å². The molecule has 2 saturated heterocycles. The van der Waals surface area contributed by atoms with E-state index in [1.54, 1.807) is 0 Å². The summed E-state index contributed by atoms with van der Waals surface area (Å²) in [6, 6.07) is 0.334. The largest absolute Gasteiger partial charge is 0.377 e. The van der Waals surface area contributed by atoms with Gasteiger partial charge in [0.25, 0.3) is 0 Å². The molecular formula is C15H29N3O4S. The van der Waals surface area contributed by atoms with Crippen LogP contribution >= 0.6 is 0 Å². The fourth-order valence-corrected chi connectivity index (χ4v) is 4.04. The lowest BCUT2D eigenvalue weighted by atomic mass is 9.92. The Kier molecular flexibility index (Phi) is 7.26. The SMILES string of the molecule is C[C@H]1C[C@@H](C(=O)NCCS(=O)(=O)NCC2CCCCO2)CCN1. The predicted molar refractivity (Wildman–Crippen MR) is 88.6 cm³/mol. The van der Waals surface area contributed by atoms with E-state index >= 15 is 0 Å². The van der Waals surface area contributed by atoms with Gasteiger partial charge < -0.3 is 15.4 Å². The smallest absolute Gasteiger partial charge is 0.223 e. The number of sulfonamides is 1. The van der Waals surface area contributed by atoms with Crippen molar-refractivity contribution in [3.63, 3.8) is 0 Å². The van der Waals surface area contributed by atoms with Crippen LogP contribution in [0.3, 0.4) is 0 Å². The zero-order valence-corrected chi connectivity index (χ0v) is 14.7. The highest BCUT2D eigenvalue weighted by atomic mass is 32.2. The molecule has 2 aliphatic heterocycles. The Labute approximate surface area is 139 Å². The Morgan fingerprint density at radius 2 is 2.13 bits per heavy atom. The average molecular weight is 347 g/mol. The van der Waals surface area contributed by atoms with Gasteiger partial charge in [-0.3, -0.25) is 4.79 Å². The number of rotatable bonds is 7. The number of piperidine rings is 1. The summed E-state index contributed by atoms with van der Waals surface area (Å²) in [4.78, 5) is 12.1. The van der Waals surface area contributed by atoms with Gasteiger partial charge in [0.1, 0.15) is 0 Å². The van der Waals surface area contributed by atoms with Gasteiger partial charge in [-0.25, -0.2) is 13.1 Å². The first-order chi connectivity index (χ1) is 11.0. The third-order valence-corrected chi connectivity index (χ3v) is 5.82. The molecule has 0 aliphatic carbocycles. The van der Waals surface area contributed by atoms with E-state index in [4.69, 9.17) is 4.74 Å². The van der Waals surface area contributed by atoms with Crippen LogP contribution in [-0.4, -0.2) is 58.5 Å². The van der Waals surface area contributed by atoms with Gasteiger partial charge in [-0.15, -0.1) is 0 Å². The fraction of sp³-hybridized carbons (Fsp3) is 0.933. The summed E-state index contributed by atoms with van der Waals surface area (Å²) in [5, 5.41) is 6.05. The van der Waals surface area contributed by atoms with Crippen LogP contribution in [0, 0.1) is 5.92 Å². The maximum absolute atomic E-state index is 12.1. The number of hydrogen-bond donors (Lipinski definition) is 3. The molecule has 0 bridgehead atoms. The van der Waals surface area contributed by atoms with Gasteiger partial charge in [-0.05, 0) is 45.6 Å². The molecule has 0 spiro atoms. The zero-order valence-electron chi connectivity index (χ0n) is 13.8. The minimum atomic E-state index is -3.38. The van der Waals surface area contributed by atoms with E-state index in [9.17, 15) is 13.2 Å². The normalized spacial score (nSPS) is 29.2. The molecule has 7 nitrogen and oxygen atoms in total. The number of hydrogen-bond acceptors (Lipinski definition) is 5. The lowest BCUT2D eigenvalue weighted by molar-refractivity contribution is -0.125. The molecule has 0 radical (unpaired) electrons. The predicted octanol–water partition coefficient (Wildman–Crippen LogP) is -0.0208. The van der Waals surface area contributed by atoms with Crippen LogP contribution in [0.2, 0.25) is 0 Å². The standard InChI is InChI=1S/C15H29N3O4S/c1-12-10-13(5-6-16-12)15(19)17-7-9-23(20,21)18-11-14-4-2-3-8-22-14/h12-14,16,18H,2-11H2,1H3,(H,17,19)/t12-,13-,14?/m0/s1. The molecule has 23 heavy (non-hydrogen) atoms. The summed E-state index contributed by atoms with van der Waals surface area (Å²) in [5.41, 5.74) is 0. The second-order valence-corrected chi connectivity index (χ2v) is 8.45. The Morgan fingerprint density at radius 3 is 2.83 bits per heavy atom. The van der Waals surface area contributed by atoms with Gasteiger partial charge >= 0.3 is 0 Å². The summed E-state index contributed by atoms with van der Waals surface area (Å²) in [6.45, 7) is 4.07. The van der Waals surface area contributed by atoms with E-state index < -0.39 is 10.0 Å². The highest BCUT2D eigenvalue weighted by molar-refractivity contribution is 7.89. The van der Waals surface area contributed by atoms with E-state index in [2.05, 4.69) is 22.3 Å². The van der Waals surface area contributed by atoms with Crippen LogP contribution < -0.4 is 15.4 Å². The van der Waals surface area contributed by atoms with Crippen molar-refractivity contribution >= 4 is 15.9 Å². The van der Waals surface area contributed by atoms with Gasteiger partial charge in [-0.1, -0.05) is 0 Å². The Morgan fingerprint density at radius 1 is 1.30 bits per heavy atom. The second kappa shape index (κ2) is 8.96. The first kappa shape index (κ1) is 18.6. The lowest BCUT2D eigenvalue weighted by Crippen LogP contribution is -2.44. The van der Waals surface area contributed by atoms with Crippen molar-refractivity contribution in [1.29, 1.82) is 0 Å². The number of carbonyl (C=O) groups excluding carboxylic acids is 1. The van der Waals surface area contributed by atoms with E-state index in [1.165, 1.54) is 0 Å². The maximum Gasteiger partial charge on any atom is 0.223 e. The first-order valence-corrected chi connectivity index (χ1v) is 10.2. The molecule has 0 aromatic carbocycles. The third-order valence-electron chi connectivity index (χ3n) is 4.47. The van der Waals surface area contributed by atoms with Crippen molar-refractivity contribution in [2.45, 2.75) is 51.2 Å². The van der Waals surface area contributed by atoms with E-state index in [0.29, 0.717) is 19.2 Å². The summed E-state index contributed by atoms with van der Waals surface area (Å²) in [6.07, 6.45) is 4.61. The van der Waals surface area contributed by atoms with Crippen molar-refractivity contribution in [3.8, 4) is 0 Å². The summed E-state index contributed by atoms with van der Waals surface area (Å²) in [7, 11) is -3.38. The molecule has 8 heteroatoms. The van der Waals surface area contributed by atoms with E-state index in [-0.39, 0.29) is 30.2 Å². The van der Waals surface area contributed by atoms with Crippen LogP contribution in [-0.2, 0) is 19.6 Å². The zero-order chi connectivity index (χ0) is 16.7. The number of nitrogens with one attached hydrogen (secondary N) is 3. The first-order valence-electron chi connectivity index (χ1n) is 8.56. The van der Waals surface area contributed by atoms with Crippen LogP contribution in [0.1, 0.15) is 39.0 Å². The molecule has 2 heterocycles. The molecular weight excluding hydrogens is 318 g/mol. The molecule has 2 fully saturated rings. The molecule has 2 aliphatic rings. The average Bonchev–Trinajstić information content (AvgIpc) is 2.54. The fourth-order valence-electron chi connectivity index (χ4n) is 3.08. The topological polar surface area (TPSA) is 96.5 Å². The summed E-state index contributed by atoms with van der Waals surface area (Å²) in [5.74, 6) is -0.145. The van der Waals surface area contributed by atoms with Crippen molar-refractivity contribution in [2.24, 2.45) is 5.92 Å². The second-order valence-electron chi connectivity index (χ2n) is 6.52. The Hall–Kier alpha value is -0.700. The van der Waals surface area contributed by atoms with Gasteiger partial charge in [0.2, 0.25) is 15.9 Å². The Bertz CT molecular complexity index is 477. The van der Waals surface area contributed by atoms with Crippen LogP contribution in [0.4, 0.5) is 0 Å².